The Morgan fingerprint density at radius 3 is 2.87 bits per heavy atom. The first kappa shape index (κ1) is 16.2. The fourth-order valence-corrected chi connectivity index (χ4v) is 3.16. The van der Waals surface area contributed by atoms with E-state index in [2.05, 4.69) is 31.4 Å². The van der Waals surface area contributed by atoms with Gasteiger partial charge in [-0.1, -0.05) is 35.1 Å². The van der Waals surface area contributed by atoms with E-state index in [0.717, 1.165) is 26.5 Å². The van der Waals surface area contributed by atoms with Gasteiger partial charge in [0.1, 0.15) is 10.8 Å². The number of benzene rings is 2. The highest BCUT2D eigenvalue weighted by molar-refractivity contribution is 9.10. The number of aromatic nitrogens is 2. The van der Waals surface area contributed by atoms with Crippen molar-refractivity contribution in [3.8, 4) is 16.3 Å². The first-order valence-electron chi connectivity index (χ1n) is 6.94. The largest absolute Gasteiger partial charge is 0.494 e. The van der Waals surface area contributed by atoms with Gasteiger partial charge >= 0.3 is 0 Å². The molecular weight excluding hydrogens is 398 g/mol. The zero-order valence-corrected chi connectivity index (χ0v) is 15.4. The van der Waals surface area contributed by atoms with Crippen LogP contribution in [0, 0.1) is 0 Å². The minimum Gasteiger partial charge on any atom is -0.494 e. The van der Waals surface area contributed by atoms with E-state index in [4.69, 9.17) is 16.3 Å². The Kier molecular flexibility index (Phi) is 5.15. The summed E-state index contributed by atoms with van der Waals surface area (Å²) in [5, 5.41) is 13.8. The van der Waals surface area contributed by atoms with E-state index in [1.165, 1.54) is 11.3 Å². The Morgan fingerprint density at radius 1 is 1.22 bits per heavy atom. The first-order valence-corrected chi connectivity index (χ1v) is 8.93. The SMILES string of the molecule is CCOc1cccc(-c2nnc(Nc3ccc(Br)c(Cl)c3)s2)c1. The lowest BCUT2D eigenvalue weighted by atomic mass is 10.2. The summed E-state index contributed by atoms with van der Waals surface area (Å²) in [6, 6.07) is 13.5. The lowest BCUT2D eigenvalue weighted by molar-refractivity contribution is 0.340. The van der Waals surface area contributed by atoms with Crippen molar-refractivity contribution in [2.75, 3.05) is 11.9 Å². The average molecular weight is 411 g/mol. The van der Waals surface area contributed by atoms with Crippen molar-refractivity contribution in [1.82, 2.24) is 10.2 Å². The molecule has 0 atom stereocenters. The molecule has 0 aliphatic carbocycles. The molecule has 1 aromatic heterocycles. The van der Waals surface area contributed by atoms with Gasteiger partial charge in [0.25, 0.3) is 0 Å². The number of nitrogens with one attached hydrogen (secondary N) is 1. The molecule has 1 N–H and O–H groups in total. The van der Waals surface area contributed by atoms with Gasteiger partial charge in [-0.3, -0.25) is 0 Å². The van der Waals surface area contributed by atoms with Crippen molar-refractivity contribution in [2.24, 2.45) is 0 Å². The summed E-state index contributed by atoms with van der Waals surface area (Å²) >= 11 is 10.9. The van der Waals surface area contributed by atoms with E-state index in [0.29, 0.717) is 16.8 Å². The minimum absolute atomic E-state index is 0.636. The number of hydrogen-bond acceptors (Lipinski definition) is 5. The predicted molar refractivity (Wildman–Crippen MR) is 98.9 cm³/mol. The van der Waals surface area contributed by atoms with Crippen LogP contribution in [0.4, 0.5) is 10.8 Å². The zero-order chi connectivity index (χ0) is 16.2. The van der Waals surface area contributed by atoms with Crippen LogP contribution in [0.15, 0.2) is 46.9 Å². The highest BCUT2D eigenvalue weighted by atomic mass is 79.9. The number of ether oxygens (including phenoxy) is 1. The van der Waals surface area contributed by atoms with Crippen molar-refractivity contribution in [3.05, 3.63) is 52.0 Å². The van der Waals surface area contributed by atoms with Crippen LogP contribution in [0.25, 0.3) is 10.6 Å². The van der Waals surface area contributed by atoms with Gasteiger partial charge in [0.05, 0.1) is 11.6 Å². The van der Waals surface area contributed by atoms with Gasteiger partial charge in [-0.05, 0) is 53.2 Å². The maximum Gasteiger partial charge on any atom is 0.210 e. The molecule has 0 saturated carbocycles. The van der Waals surface area contributed by atoms with E-state index >= 15 is 0 Å². The van der Waals surface area contributed by atoms with Gasteiger partial charge in [-0.15, -0.1) is 10.2 Å². The third-order valence-corrected chi connectivity index (χ3v) is 5.11. The molecule has 0 bridgehead atoms. The molecule has 4 nitrogen and oxygen atoms in total. The molecule has 0 fully saturated rings. The van der Waals surface area contributed by atoms with Crippen LogP contribution >= 0.6 is 38.9 Å². The van der Waals surface area contributed by atoms with Crippen LogP contribution in [0.3, 0.4) is 0 Å². The van der Waals surface area contributed by atoms with Crippen molar-refractivity contribution < 1.29 is 4.74 Å². The summed E-state index contributed by atoms with van der Waals surface area (Å²) in [5.41, 5.74) is 1.85. The second-order valence-electron chi connectivity index (χ2n) is 4.63. The van der Waals surface area contributed by atoms with Gasteiger partial charge in [0.2, 0.25) is 5.13 Å². The van der Waals surface area contributed by atoms with Crippen LogP contribution in [-0.2, 0) is 0 Å². The van der Waals surface area contributed by atoms with Gasteiger partial charge < -0.3 is 10.1 Å². The van der Waals surface area contributed by atoms with Crippen molar-refractivity contribution in [3.63, 3.8) is 0 Å². The zero-order valence-electron chi connectivity index (χ0n) is 12.2. The maximum absolute atomic E-state index is 6.09. The quantitative estimate of drug-likeness (QED) is 0.580. The number of hydrogen-bond donors (Lipinski definition) is 1. The summed E-state index contributed by atoms with van der Waals surface area (Å²) in [4.78, 5) is 0. The number of anilines is 2. The molecular formula is C16H13BrClN3OS. The van der Waals surface area contributed by atoms with Crippen LogP contribution < -0.4 is 10.1 Å². The van der Waals surface area contributed by atoms with E-state index in [9.17, 15) is 0 Å². The Balaban J connectivity index is 1.80. The molecule has 2 aromatic carbocycles. The van der Waals surface area contributed by atoms with Gasteiger partial charge in [0.15, 0.2) is 0 Å². The second-order valence-corrected chi connectivity index (χ2v) is 6.87. The third-order valence-electron chi connectivity index (χ3n) is 2.99. The molecule has 0 saturated heterocycles. The van der Waals surface area contributed by atoms with Crippen LogP contribution in [0.2, 0.25) is 5.02 Å². The van der Waals surface area contributed by atoms with Crippen LogP contribution in [-0.4, -0.2) is 16.8 Å². The highest BCUT2D eigenvalue weighted by Gasteiger charge is 2.08. The Morgan fingerprint density at radius 2 is 2.09 bits per heavy atom. The molecule has 0 aliphatic rings. The number of halogens is 2. The molecule has 0 amide bonds. The molecule has 3 rings (SSSR count). The van der Waals surface area contributed by atoms with Crippen molar-refractivity contribution in [1.29, 1.82) is 0 Å². The molecule has 23 heavy (non-hydrogen) atoms. The number of nitrogens with zero attached hydrogens (tertiary/aromatic N) is 2. The lowest BCUT2D eigenvalue weighted by Crippen LogP contribution is -1.91. The molecule has 0 spiro atoms. The molecule has 118 valence electrons. The minimum atomic E-state index is 0.636. The molecule has 0 aliphatic heterocycles. The summed E-state index contributed by atoms with van der Waals surface area (Å²) < 4.78 is 6.37. The lowest BCUT2D eigenvalue weighted by Gasteiger charge is -2.04. The molecule has 7 heteroatoms. The first-order chi connectivity index (χ1) is 11.2. The number of rotatable bonds is 5. The predicted octanol–water partition coefficient (Wildman–Crippen LogP) is 5.76. The van der Waals surface area contributed by atoms with E-state index in [-0.39, 0.29) is 0 Å². The summed E-state index contributed by atoms with van der Waals surface area (Å²) in [6.45, 7) is 2.60. The molecule has 3 aromatic rings. The summed E-state index contributed by atoms with van der Waals surface area (Å²) in [7, 11) is 0. The Labute approximate surface area is 151 Å². The summed E-state index contributed by atoms with van der Waals surface area (Å²) in [5.74, 6) is 0.828. The average Bonchev–Trinajstić information content (AvgIpc) is 3.00. The standard InChI is InChI=1S/C16H13BrClN3OS/c1-2-22-12-5-3-4-10(8-12)15-20-21-16(23-15)19-11-6-7-13(17)14(18)9-11/h3-9H,2H2,1H3,(H,19,21). The normalized spacial score (nSPS) is 10.6. The monoisotopic (exact) mass is 409 g/mol. The Hall–Kier alpha value is -1.63. The van der Waals surface area contributed by atoms with E-state index in [1.54, 1.807) is 0 Å². The molecule has 0 unspecified atom stereocenters. The van der Waals surface area contributed by atoms with Crippen LogP contribution in [0.5, 0.6) is 5.75 Å². The van der Waals surface area contributed by atoms with E-state index < -0.39 is 0 Å². The topological polar surface area (TPSA) is 47.0 Å². The fraction of sp³-hybridized carbons (Fsp3) is 0.125. The van der Waals surface area contributed by atoms with Crippen molar-refractivity contribution in [2.45, 2.75) is 6.92 Å². The van der Waals surface area contributed by atoms with Crippen molar-refractivity contribution >= 4 is 49.7 Å². The maximum atomic E-state index is 6.09. The van der Waals surface area contributed by atoms with Gasteiger partial charge in [-0.2, -0.15) is 0 Å². The van der Waals surface area contributed by atoms with Crippen LogP contribution in [0.1, 0.15) is 6.92 Å². The fourth-order valence-electron chi connectivity index (χ4n) is 1.97. The third kappa shape index (κ3) is 4.02. The smallest absolute Gasteiger partial charge is 0.210 e. The molecule has 0 radical (unpaired) electrons. The van der Waals surface area contributed by atoms with Gasteiger partial charge in [-0.25, -0.2) is 0 Å². The Bertz CT molecular complexity index is 825. The summed E-state index contributed by atoms with van der Waals surface area (Å²) in [6.07, 6.45) is 0. The highest BCUT2D eigenvalue weighted by Crippen LogP contribution is 2.32. The van der Waals surface area contributed by atoms with Gasteiger partial charge in [0, 0.05) is 15.7 Å². The second kappa shape index (κ2) is 7.29. The molecule has 1 heterocycles. The van der Waals surface area contributed by atoms with E-state index in [1.807, 2.05) is 49.4 Å².